The molecule has 0 spiro atoms. The lowest BCUT2D eigenvalue weighted by atomic mass is 10.3. The Kier molecular flexibility index (Phi) is 3.15. The molecule has 0 fully saturated rings. The van der Waals surface area contributed by atoms with Gasteiger partial charge in [-0.3, -0.25) is 5.32 Å². The van der Waals surface area contributed by atoms with Crippen molar-refractivity contribution in [3.05, 3.63) is 42.7 Å². The molecule has 0 saturated carbocycles. The van der Waals surface area contributed by atoms with E-state index in [1.165, 1.54) is 12.4 Å². The Balaban J connectivity index is 1.96. The molecule has 0 aliphatic rings. The van der Waals surface area contributed by atoms with Crippen molar-refractivity contribution in [1.82, 2.24) is 9.97 Å². The highest BCUT2D eigenvalue weighted by molar-refractivity contribution is 5.85. The number of para-hydroxylation sites is 1. The molecule has 17 heavy (non-hydrogen) atoms. The second-order valence-electron chi connectivity index (χ2n) is 3.16. The molecule has 0 saturated heterocycles. The van der Waals surface area contributed by atoms with E-state index in [9.17, 15) is 4.79 Å². The van der Waals surface area contributed by atoms with Crippen molar-refractivity contribution in [3.8, 4) is 5.75 Å². The molecule has 0 aliphatic heterocycles. The van der Waals surface area contributed by atoms with Crippen LogP contribution in [0.1, 0.15) is 0 Å². The molecule has 6 heteroatoms. The summed E-state index contributed by atoms with van der Waals surface area (Å²) in [5.41, 5.74) is 5.73. The van der Waals surface area contributed by atoms with Gasteiger partial charge < -0.3 is 10.5 Å². The minimum absolute atomic E-state index is 0.145. The van der Waals surface area contributed by atoms with Gasteiger partial charge in [-0.25, -0.2) is 14.8 Å². The van der Waals surface area contributed by atoms with E-state index in [0.717, 1.165) is 0 Å². The molecule has 2 rings (SSSR count). The standard InChI is InChI=1S/C11H10N4O2/c12-10-13-6-8(7-14-10)15-11(16)17-9-4-2-1-3-5-9/h1-7H,(H,15,16)(H2,12,13,14). The van der Waals surface area contributed by atoms with Crippen LogP contribution in [-0.4, -0.2) is 16.1 Å². The van der Waals surface area contributed by atoms with E-state index in [-0.39, 0.29) is 5.95 Å². The summed E-state index contributed by atoms with van der Waals surface area (Å²) in [4.78, 5) is 18.9. The third-order valence-electron chi connectivity index (χ3n) is 1.87. The van der Waals surface area contributed by atoms with E-state index in [2.05, 4.69) is 15.3 Å². The number of hydrogen-bond donors (Lipinski definition) is 2. The van der Waals surface area contributed by atoms with Crippen LogP contribution in [0.15, 0.2) is 42.7 Å². The molecule has 2 aromatic rings. The first-order valence-corrected chi connectivity index (χ1v) is 4.85. The van der Waals surface area contributed by atoms with Crippen molar-refractivity contribution in [2.24, 2.45) is 0 Å². The van der Waals surface area contributed by atoms with Gasteiger partial charge in [0.2, 0.25) is 5.95 Å². The van der Waals surface area contributed by atoms with Gasteiger partial charge in [-0.05, 0) is 12.1 Å². The SMILES string of the molecule is Nc1ncc(NC(=O)Oc2ccccc2)cn1. The molecule has 0 radical (unpaired) electrons. The monoisotopic (exact) mass is 230 g/mol. The first-order chi connectivity index (χ1) is 8.24. The summed E-state index contributed by atoms with van der Waals surface area (Å²) in [7, 11) is 0. The van der Waals surface area contributed by atoms with Gasteiger partial charge in [0.25, 0.3) is 0 Å². The van der Waals surface area contributed by atoms with Gasteiger partial charge >= 0.3 is 6.09 Å². The summed E-state index contributed by atoms with van der Waals surface area (Å²) >= 11 is 0. The van der Waals surface area contributed by atoms with Gasteiger partial charge in [0, 0.05) is 0 Å². The quantitative estimate of drug-likeness (QED) is 0.818. The number of benzene rings is 1. The van der Waals surface area contributed by atoms with Crippen LogP contribution in [0.2, 0.25) is 0 Å². The Morgan fingerprint density at radius 2 is 1.82 bits per heavy atom. The third-order valence-corrected chi connectivity index (χ3v) is 1.87. The molecule has 0 aliphatic carbocycles. The number of aromatic nitrogens is 2. The number of ether oxygens (including phenoxy) is 1. The zero-order valence-electron chi connectivity index (χ0n) is 8.83. The molecule has 86 valence electrons. The van der Waals surface area contributed by atoms with E-state index < -0.39 is 6.09 Å². The fraction of sp³-hybridized carbons (Fsp3) is 0. The van der Waals surface area contributed by atoms with Gasteiger partial charge in [-0.1, -0.05) is 18.2 Å². The predicted octanol–water partition coefficient (Wildman–Crippen LogP) is 1.67. The van der Waals surface area contributed by atoms with Crippen LogP contribution >= 0.6 is 0 Å². The second-order valence-corrected chi connectivity index (χ2v) is 3.16. The van der Waals surface area contributed by atoms with Crippen LogP contribution in [0.5, 0.6) is 5.75 Å². The van der Waals surface area contributed by atoms with Crippen LogP contribution in [0, 0.1) is 0 Å². The van der Waals surface area contributed by atoms with E-state index in [4.69, 9.17) is 10.5 Å². The van der Waals surface area contributed by atoms with Crippen molar-refractivity contribution < 1.29 is 9.53 Å². The lowest BCUT2D eigenvalue weighted by Crippen LogP contribution is -2.17. The molecule has 0 atom stereocenters. The Morgan fingerprint density at radius 1 is 1.18 bits per heavy atom. The molecule has 0 bridgehead atoms. The zero-order valence-corrected chi connectivity index (χ0v) is 8.83. The summed E-state index contributed by atoms with van der Waals surface area (Å²) in [6.07, 6.45) is 2.19. The Labute approximate surface area is 97.5 Å². The summed E-state index contributed by atoms with van der Waals surface area (Å²) in [6.45, 7) is 0. The average Bonchev–Trinajstić information content (AvgIpc) is 2.33. The van der Waals surface area contributed by atoms with E-state index >= 15 is 0 Å². The van der Waals surface area contributed by atoms with E-state index in [1.54, 1.807) is 24.3 Å². The number of anilines is 2. The van der Waals surface area contributed by atoms with Crippen LogP contribution in [0.3, 0.4) is 0 Å². The molecule has 1 heterocycles. The molecule has 1 amide bonds. The number of carbonyl (C=O) groups excluding carboxylic acids is 1. The highest BCUT2D eigenvalue weighted by Gasteiger charge is 2.04. The average molecular weight is 230 g/mol. The normalized spacial score (nSPS) is 9.65. The van der Waals surface area contributed by atoms with Gasteiger partial charge in [-0.2, -0.15) is 0 Å². The second kappa shape index (κ2) is 4.93. The van der Waals surface area contributed by atoms with E-state index in [1.807, 2.05) is 6.07 Å². The molecule has 3 N–H and O–H groups in total. The fourth-order valence-electron chi connectivity index (χ4n) is 1.14. The van der Waals surface area contributed by atoms with Gasteiger partial charge in [0.1, 0.15) is 5.75 Å². The first kappa shape index (κ1) is 10.9. The summed E-state index contributed by atoms with van der Waals surface area (Å²) in [6, 6.07) is 8.74. The van der Waals surface area contributed by atoms with Gasteiger partial charge in [0.15, 0.2) is 0 Å². The van der Waals surface area contributed by atoms with Crippen molar-refractivity contribution in [1.29, 1.82) is 0 Å². The largest absolute Gasteiger partial charge is 0.417 e. The molecular formula is C11H10N4O2. The van der Waals surface area contributed by atoms with Gasteiger partial charge in [0.05, 0.1) is 18.1 Å². The summed E-state index contributed by atoms with van der Waals surface area (Å²) in [5, 5.41) is 2.48. The maximum atomic E-state index is 11.4. The lowest BCUT2D eigenvalue weighted by Gasteiger charge is -2.05. The number of nitrogens with zero attached hydrogens (tertiary/aromatic N) is 2. The van der Waals surface area contributed by atoms with Gasteiger partial charge in [-0.15, -0.1) is 0 Å². The van der Waals surface area contributed by atoms with E-state index in [0.29, 0.717) is 11.4 Å². The molecular weight excluding hydrogens is 220 g/mol. The molecule has 1 aromatic heterocycles. The predicted molar refractivity (Wildman–Crippen MR) is 62.5 cm³/mol. The summed E-state index contributed by atoms with van der Waals surface area (Å²) < 4.78 is 5.01. The Bertz CT molecular complexity index is 499. The van der Waals surface area contributed by atoms with Crippen molar-refractivity contribution in [3.63, 3.8) is 0 Å². The number of carbonyl (C=O) groups is 1. The highest BCUT2D eigenvalue weighted by Crippen LogP contribution is 2.10. The van der Waals surface area contributed by atoms with Crippen LogP contribution in [0.4, 0.5) is 16.4 Å². The first-order valence-electron chi connectivity index (χ1n) is 4.85. The molecule has 6 nitrogen and oxygen atoms in total. The number of amides is 1. The number of nitrogen functional groups attached to an aromatic ring is 1. The number of rotatable bonds is 2. The maximum absolute atomic E-state index is 11.4. The molecule has 1 aromatic carbocycles. The lowest BCUT2D eigenvalue weighted by molar-refractivity contribution is 0.215. The summed E-state index contributed by atoms with van der Waals surface area (Å²) in [5.74, 6) is 0.605. The Hall–Kier alpha value is -2.63. The zero-order chi connectivity index (χ0) is 12.1. The van der Waals surface area contributed by atoms with Crippen LogP contribution in [0.25, 0.3) is 0 Å². The van der Waals surface area contributed by atoms with Crippen molar-refractivity contribution in [2.45, 2.75) is 0 Å². The number of nitrogens with one attached hydrogen (secondary N) is 1. The maximum Gasteiger partial charge on any atom is 0.417 e. The molecule has 0 unspecified atom stereocenters. The third kappa shape index (κ3) is 3.16. The minimum Gasteiger partial charge on any atom is -0.410 e. The van der Waals surface area contributed by atoms with Crippen molar-refractivity contribution in [2.75, 3.05) is 11.1 Å². The van der Waals surface area contributed by atoms with Crippen LogP contribution < -0.4 is 15.8 Å². The van der Waals surface area contributed by atoms with Crippen molar-refractivity contribution >= 4 is 17.7 Å². The Morgan fingerprint density at radius 3 is 2.47 bits per heavy atom. The fourth-order valence-corrected chi connectivity index (χ4v) is 1.14. The minimum atomic E-state index is -0.607. The highest BCUT2D eigenvalue weighted by atomic mass is 16.6. The number of nitrogens with two attached hydrogens (primary N) is 1. The smallest absolute Gasteiger partial charge is 0.410 e. The number of hydrogen-bond acceptors (Lipinski definition) is 5. The van der Waals surface area contributed by atoms with Crippen LogP contribution in [-0.2, 0) is 0 Å². The topological polar surface area (TPSA) is 90.1 Å².